The lowest BCUT2D eigenvalue weighted by Gasteiger charge is -2.35. The molecule has 2 rings (SSSR count). The first kappa shape index (κ1) is 18.0. The second-order valence-corrected chi connectivity index (χ2v) is 6.23. The lowest BCUT2D eigenvalue weighted by atomic mass is 9.91. The number of halogens is 3. The van der Waals surface area contributed by atoms with E-state index in [2.05, 4.69) is 0 Å². The fourth-order valence-corrected chi connectivity index (χ4v) is 3.22. The third-order valence-corrected chi connectivity index (χ3v) is 3.98. The molecule has 0 radical (unpaired) electrons. The highest BCUT2D eigenvalue weighted by molar-refractivity contribution is 5.76. The molecule has 0 aliphatic carbocycles. The van der Waals surface area contributed by atoms with E-state index in [4.69, 9.17) is 0 Å². The molecule has 0 bridgehead atoms. The van der Waals surface area contributed by atoms with E-state index in [0.29, 0.717) is 25.2 Å². The van der Waals surface area contributed by atoms with Crippen LogP contribution in [0.5, 0.6) is 0 Å². The van der Waals surface area contributed by atoms with Crippen molar-refractivity contribution in [2.45, 2.75) is 26.4 Å². The highest BCUT2D eigenvalue weighted by atomic mass is 19.4. The molecular weight excluding hydrogens is 331 g/mol. The van der Waals surface area contributed by atoms with Crippen LogP contribution in [0.25, 0.3) is 0 Å². The van der Waals surface area contributed by atoms with Crippen LogP contribution in [-0.2, 0) is 6.18 Å². The van der Waals surface area contributed by atoms with E-state index in [9.17, 15) is 33.4 Å². The first-order valence-electron chi connectivity index (χ1n) is 7.29. The van der Waals surface area contributed by atoms with Crippen LogP contribution >= 0.6 is 0 Å². The minimum absolute atomic E-state index is 0.121. The maximum Gasteiger partial charge on any atom is 0.416 e. The molecule has 0 aromatic heterocycles. The SMILES string of the molecule is C[C@@H]1C[C@H](C)CN(c2c([N+](=O)[O-])cc(C(F)(F)F)cc2[N+](=O)[O-])C1. The maximum atomic E-state index is 12.9. The Bertz CT molecular complexity index is 633. The maximum absolute atomic E-state index is 12.9. The highest BCUT2D eigenvalue weighted by Crippen LogP contribution is 2.44. The molecule has 1 saturated heterocycles. The lowest BCUT2D eigenvalue weighted by molar-refractivity contribution is -0.393. The summed E-state index contributed by atoms with van der Waals surface area (Å²) in [6, 6.07) is 0.735. The van der Waals surface area contributed by atoms with Gasteiger partial charge < -0.3 is 4.90 Å². The molecule has 2 atom stereocenters. The van der Waals surface area contributed by atoms with E-state index in [1.165, 1.54) is 4.90 Å². The number of benzene rings is 1. The van der Waals surface area contributed by atoms with Gasteiger partial charge in [0, 0.05) is 25.2 Å². The van der Waals surface area contributed by atoms with Crippen LogP contribution in [0.2, 0.25) is 0 Å². The Balaban J connectivity index is 2.68. The molecule has 1 aromatic rings. The molecule has 1 heterocycles. The number of rotatable bonds is 3. The van der Waals surface area contributed by atoms with E-state index in [-0.39, 0.29) is 17.5 Å². The normalized spacial score (nSPS) is 21.6. The second-order valence-electron chi connectivity index (χ2n) is 6.23. The van der Waals surface area contributed by atoms with Crippen LogP contribution in [0.4, 0.5) is 30.2 Å². The zero-order valence-electron chi connectivity index (χ0n) is 13.0. The van der Waals surface area contributed by atoms with E-state index < -0.39 is 33.0 Å². The van der Waals surface area contributed by atoms with Gasteiger partial charge in [0.15, 0.2) is 5.69 Å². The van der Waals surface area contributed by atoms with Crippen LogP contribution in [0, 0.1) is 32.1 Å². The molecule has 0 saturated carbocycles. The predicted octanol–water partition coefficient (Wildman–Crippen LogP) is 4.00. The smallest absolute Gasteiger partial charge is 0.360 e. The van der Waals surface area contributed by atoms with Gasteiger partial charge >= 0.3 is 6.18 Å². The van der Waals surface area contributed by atoms with Gasteiger partial charge in [-0.05, 0) is 18.3 Å². The van der Waals surface area contributed by atoms with E-state index in [0.717, 1.165) is 6.42 Å². The summed E-state index contributed by atoms with van der Waals surface area (Å²) in [5.41, 5.74) is -3.53. The van der Waals surface area contributed by atoms with Gasteiger partial charge in [-0.15, -0.1) is 0 Å². The van der Waals surface area contributed by atoms with Gasteiger partial charge in [-0.25, -0.2) is 0 Å². The Morgan fingerprint density at radius 1 is 1.04 bits per heavy atom. The van der Waals surface area contributed by atoms with Crippen LogP contribution in [-0.4, -0.2) is 22.9 Å². The molecule has 132 valence electrons. The average molecular weight is 347 g/mol. The van der Waals surface area contributed by atoms with Crippen molar-refractivity contribution >= 4 is 17.1 Å². The summed E-state index contributed by atoms with van der Waals surface area (Å²) in [5.74, 6) is 0.241. The van der Waals surface area contributed by atoms with Crippen LogP contribution in [0.3, 0.4) is 0 Å². The summed E-state index contributed by atoms with van der Waals surface area (Å²) < 4.78 is 38.7. The molecular formula is C14H16F3N3O4. The third kappa shape index (κ3) is 3.57. The van der Waals surface area contributed by atoms with Crippen molar-refractivity contribution in [3.05, 3.63) is 37.9 Å². The minimum atomic E-state index is -4.91. The molecule has 0 N–H and O–H groups in total. The first-order valence-corrected chi connectivity index (χ1v) is 7.29. The first-order chi connectivity index (χ1) is 11.0. The fourth-order valence-electron chi connectivity index (χ4n) is 3.22. The Kier molecular flexibility index (Phi) is 4.68. The molecule has 1 fully saturated rings. The summed E-state index contributed by atoms with van der Waals surface area (Å²) in [6.07, 6.45) is -4.06. The van der Waals surface area contributed by atoms with Gasteiger partial charge in [-0.2, -0.15) is 13.2 Å². The number of alkyl halides is 3. The van der Waals surface area contributed by atoms with Gasteiger partial charge in [-0.3, -0.25) is 20.2 Å². The van der Waals surface area contributed by atoms with Gasteiger partial charge in [0.2, 0.25) is 0 Å². The van der Waals surface area contributed by atoms with Crippen molar-refractivity contribution in [1.82, 2.24) is 0 Å². The number of nitro benzene ring substituents is 2. The van der Waals surface area contributed by atoms with Gasteiger partial charge in [0.1, 0.15) is 0 Å². The van der Waals surface area contributed by atoms with Gasteiger partial charge in [0.25, 0.3) is 11.4 Å². The second kappa shape index (κ2) is 6.25. The van der Waals surface area contributed by atoms with E-state index >= 15 is 0 Å². The Morgan fingerprint density at radius 3 is 1.79 bits per heavy atom. The summed E-state index contributed by atoms with van der Waals surface area (Å²) in [7, 11) is 0. The van der Waals surface area contributed by atoms with Gasteiger partial charge in [-0.1, -0.05) is 13.8 Å². The highest BCUT2D eigenvalue weighted by Gasteiger charge is 2.40. The summed E-state index contributed by atoms with van der Waals surface area (Å²) >= 11 is 0. The summed E-state index contributed by atoms with van der Waals surface area (Å²) in [4.78, 5) is 22.0. The van der Waals surface area contributed by atoms with E-state index in [1.54, 1.807) is 0 Å². The van der Waals surface area contributed by atoms with Crippen LogP contribution in [0.1, 0.15) is 25.8 Å². The van der Waals surface area contributed by atoms with Gasteiger partial charge in [0.05, 0.1) is 15.4 Å². The fraction of sp³-hybridized carbons (Fsp3) is 0.571. The Morgan fingerprint density at radius 2 is 1.46 bits per heavy atom. The van der Waals surface area contributed by atoms with Crippen LogP contribution < -0.4 is 4.90 Å². The Hall–Kier alpha value is -2.39. The zero-order valence-corrected chi connectivity index (χ0v) is 13.0. The van der Waals surface area contributed by atoms with Crippen molar-refractivity contribution in [3.63, 3.8) is 0 Å². The molecule has 1 aliphatic rings. The van der Waals surface area contributed by atoms with Crippen molar-refractivity contribution in [2.24, 2.45) is 11.8 Å². The number of nitro groups is 2. The number of hydrogen-bond acceptors (Lipinski definition) is 5. The molecule has 10 heteroatoms. The van der Waals surface area contributed by atoms with Crippen molar-refractivity contribution < 1.29 is 23.0 Å². The number of hydrogen-bond donors (Lipinski definition) is 0. The monoisotopic (exact) mass is 347 g/mol. The number of nitrogens with zero attached hydrogens (tertiary/aromatic N) is 3. The molecule has 1 aliphatic heterocycles. The summed E-state index contributed by atoms with van der Waals surface area (Å²) in [5, 5.41) is 22.5. The van der Waals surface area contributed by atoms with Crippen LogP contribution in [0.15, 0.2) is 12.1 Å². The third-order valence-electron chi connectivity index (χ3n) is 3.98. The van der Waals surface area contributed by atoms with Crippen molar-refractivity contribution in [2.75, 3.05) is 18.0 Å². The molecule has 0 amide bonds. The van der Waals surface area contributed by atoms with E-state index in [1.807, 2.05) is 13.8 Å². The number of anilines is 1. The molecule has 7 nitrogen and oxygen atoms in total. The average Bonchev–Trinajstić information content (AvgIpc) is 2.43. The Labute approximate surface area is 135 Å². The van der Waals surface area contributed by atoms with Crippen molar-refractivity contribution in [1.29, 1.82) is 0 Å². The molecule has 24 heavy (non-hydrogen) atoms. The topological polar surface area (TPSA) is 89.5 Å². The zero-order chi connectivity index (χ0) is 18.2. The minimum Gasteiger partial charge on any atom is -0.360 e. The quantitative estimate of drug-likeness (QED) is 0.609. The molecule has 0 unspecified atom stereocenters. The molecule has 0 spiro atoms. The predicted molar refractivity (Wildman–Crippen MR) is 79.9 cm³/mol. The lowest BCUT2D eigenvalue weighted by Crippen LogP contribution is -2.39. The molecule has 1 aromatic carbocycles. The summed E-state index contributed by atoms with van der Waals surface area (Å²) in [6.45, 7) is 4.42. The standard InChI is InChI=1S/C14H16F3N3O4/c1-8-3-9(2)7-18(6-8)13-11(19(21)22)4-10(14(15,16)17)5-12(13)20(23)24/h4-5,8-9H,3,6-7H2,1-2H3/t8-,9+. The van der Waals surface area contributed by atoms with Crippen molar-refractivity contribution in [3.8, 4) is 0 Å². The number of piperidine rings is 1. The largest absolute Gasteiger partial charge is 0.416 e.